The van der Waals surface area contributed by atoms with E-state index in [-0.39, 0.29) is 24.0 Å². The van der Waals surface area contributed by atoms with Crippen LogP contribution in [0.2, 0.25) is 0 Å². The summed E-state index contributed by atoms with van der Waals surface area (Å²) in [7, 11) is 4.02. The van der Waals surface area contributed by atoms with Gasteiger partial charge in [-0.25, -0.2) is 0 Å². The Morgan fingerprint density at radius 2 is 2.00 bits per heavy atom. The molecule has 1 unspecified atom stereocenters. The Bertz CT molecular complexity index is 351. The van der Waals surface area contributed by atoms with Crippen molar-refractivity contribution in [3.63, 3.8) is 0 Å². The summed E-state index contributed by atoms with van der Waals surface area (Å²) in [4.78, 5) is 6.67. The van der Waals surface area contributed by atoms with Crippen molar-refractivity contribution < 1.29 is 9.47 Å². The average Bonchev–Trinajstić information content (AvgIpc) is 3.00. The molecule has 0 amide bonds. The van der Waals surface area contributed by atoms with E-state index in [9.17, 15) is 0 Å². The molecule has 24 heavy (non-hydrogen) atoms. The zero-order valence-corrected chi connectivity index (χ0v) is 17.6. The first-order valence-corrected chi connectivity index (χ1v) is 9.06. The van der Waals surface area contributed by atoms with Crippen molar-refractivity contribution in [3.8, 4) is 0 Å². The third kappa shape index (κ3) is 8.82. The van der Waals surface area contributed by atoms with Crippen molar-refractivity contribution in [3.05, 3.63) is 0 Å². The highest BCUT2D eigenvalue weighted by atomic mass is 127. The van der Waals surface area contributed by atoms with Crippen molar-refractivity contribution in [2.45, 2.75) is 25.7 Å². The molecule has 0 spiro atoms. The Hall–Kier alpha value is -0.120. The van der Waals surface area contributed by atoms with Crippen LogP contribution in [0.1, 0.15) is 25.7 Å². The lowest BCUT2D eigenvalue weighted by molar-refractivity contribution is 0.0203. The molecule has 2 heterocycles. The summed E-state index contributed by atoms with van der Waals surface area (Å²) in [5.74, 6) is 2.33. The minimum absolute atomic E-state index is 0. The van der Waals surface area contributed by atoms with Gasteiger partial charge in [-0.05, 0) is 51.1 Å². The van der Waals surface area contributed by atoms with Gasteiger partial charge in [-0.2, -0.15) is 0 Å². The van der Waals surface area contributed by atoms with Crippen LogP contribution in [-0.4, -0.2) is 77.6 Å². The van der Waals surface area contributed by atoms with Crippen LogP contribution in [-0.2, 0) is 9.47 Å². The molecule has 2 aliphatic heterocycles. The van der Waals surface area contributed by atoms with E-state index < -0.39 is 0 Å². The van der Waals surface area contributed by atoms with E-state index in [0.717, 1.165) is 70.7 Å². The van der Waals surface area contributed by atoms with E-state index >= 15 is 0 Å². The molecular formula is C17H35IN4O2. The second-order valence-electron chi connectivity index (χ2n) is 6.78. The SMILES string of the molecule is CN=C(NCCCOCC1CCOCC1)NCC1CCN(C)C1.I. The van der Waals surface area contributed by atoms with E-state index in [2.05, 4.69) is 27.6 Å². The molecule has 2 saturated heterocycles. The van der Waals surface area contributed by atoms with E-state index in [1.165, 1.54) is 19.5 Å². The molecule has 2 rings (SSSR count). The summed E-state index contributed by atoms with van der Waals surface area (Å²) in [5.41, 5.74) is 0. The number of ether oxygens (including phenoxy) is 2. The number of rotatable bonds is 8. The van der Waals surface area contributed by atoms with Crippen LogP contribution in [0, 0.1) is 11.8 Å². The quantitative estimate of drug-likeness (QED) is 0.252. The molecule has 7 heteroatoms. The second kappa shape index (κ2) is 13.1. The van der Waals surface area contributed by atoms with Crippen LogP contribution in [0.25, 0.3) is 0 Å². The molecule has 0 radical (unpaired) electrons. The molecule has 2 aliphatic rings. The Balaban J connectivity index is 0.00000288. The summed E-state index contributed by atoms with van der Waals surface area (Å²) >= 11 is 0. The molecule has 142 valence electrons. The van der Waals surface area contributed by atoms with Gasteiger partial charge in [0.1, 0.15) is 0 Å². The summed E-state index contributed by atoms with van der Waals surface area (Å²) in [6.07, 6.45) is 4.58. The maximum Gasteiger partial charge on any atom is 0.190 e. The summed E-state index contributed by atoms with van der Waals surface area (Å²) < 4.78 is 11.1. The first-order chi connectivity index (χ1) is 11.3. The lowest BCUT2D eigenvalue weighted by atomic mass is 10.0. The largest absolute Gasteiger partial charge is 0.381 e. The van der Waals surface area contributed by atoms with E-state index in [1.807, 2.05) is 7.05 Å². The Morgan fingerprint density at radius 1 is 1.21 bits per heavy atom. The third-order valence-corrected chi connectivity index (χ3v) is 4.72. The van der Waals surface area contributed by atoms with Gasteiger partial charge >= 0.3 is 0 Å². The normalized spacial score (nSPS) is 23.1. The van der Waals surface area contributed by atoms with Gasteiger partial charge in [-0.3, -0.25) is 4.99 Å². The molecule has 2 N–H and O–H groups in total. The fourth-order valence-corrected chi connectivity index (χ4v) is 3.20. The maximum absolute atomic E-state index is 5.78. The van der Waals surface area contributed by atoms with Crippen LogP contribution in [0.3, 0.4) is 0 Å². The summed E-state index contributed by atoms with van der Waals surface area (Å²) in [5, 5.41) is 6.80. The minimum atomic E-state index is 0. The van der Waals surface area contributed by atoms with E-state index in [0.29, 0.717) is 5.92 Å². The van der Waals surface area contributed by atoms with Crippen LogP contribution in [0.4, 0.5) is 0 Å². The zero-order chi connectivity index (χ0) is 16.3. The van der Waals surface area contributed by atoms with Crippen molar-refractivity contribution in [2.24, 2.45) is 16.8 Å². The number of guanidine groups is 1. The molecule has 1 atom stereocenters. The highest BCUT2D eigenvalue weighted by molar-refractivity contribution is 14.0. The van der Waals surface area contributed by atoms with Crippen molar-refractivity contribution in [1.29, 1.82) is 0 Å². The lowest BCUT2D eigenvalue weighted by Crippen LogP contribution is -2.40. The highest BCUT2D eigenvalue weighted by Gasteiger charge is 2.19. The van der Waals surface area contributed by atoms with E-state index in [4.69, 9.17) is 9.47 Å². The third-order valence-electron chi connectivity index (χ3n) is 4.72. The topological polar surface area (TPSA) is 58.1 Å². The van der Waals surface area contributed by atoms with Crippen molar-refractivity contribution in [2.75, 3.05) is 66.7 Å². The second-order valence-corrected chi connectivity index (χ2v) is 6.78. The monoisotopic (exact) mass is 454 g/mol. The fourth-order valence-electron chi connectivity index (χ4n) is 3.20. The predicted molar refractivity (Wildman–Crippen MR) is 109 cm³/mol. The molecule has 0 aromatic heterocycles. The van der Waals surface area contributed by atoms with E-state index in [1.54, 1.807) is 0 Å². The number of halogens is 1. The van der Waals surface area contributed by atoms with Crippen LogP contribution in [0.5, 0.6) is 0 Å². The molecule has 0 aromatic carbocycles. The Labute approximate surface area is 164 Å². The molecule has 2 fully saturated rings. The summed E-state index contributed by atoms with van der Waals surface area (Å²) in [6.45, 7) is 7.79. The van der Waals surface area contributed by atoms with Gasteiger partial charge in [0.25, 0.3) is 0 Å². The number of aliphatic imine (C=N–C) groups is 1. The fraction of sp³-hybridized carbons (Fsp3) is 0.941. The number of likely N-dealkylation sites (tertiary alicyclic amines) is 1. The standard InChI is InChI=1S/C17H34N4O2.HI/c1-18-17(20-12-16-4-8-21(2)13-16)19-7-3-9-23-14-15-5-10-22-11-6-15;/h15-16H,3-14H2,1-2H3,(H2,18,19,20);1H. The number of hydrogen-bond donors (Lipinski definition) is 2. The summed E-state index contributed by atoms with van der Waals surface area (Å²) in [6, 6.07) is 0. The van der Waals surface area contributed by atoms with Crippen LogP contribution in [0.15, 0.2) is 4.99 Å². The first-order valence-electron chi connectivity index (χ1n) is 9.06. The van der Waals surface area contributed by atoms with Gasteiger partial charge in [-0.15, -0.1) is 24.0 Å². The Kier molecular flexibility index (Phi) is 12.0. The smallest absolute Gasteiger partial charge is 0.190 e. The van der Waals surface area contributed by atoms with Gasteiger partial charge in [0.2, 0.25) is 0 Å². The number of nitrogens with one attached hydrogen (secondary N) is 2. The molecule has 0 aliphatic carbocycles. The first kappa shape index (κ1) is 21.9. The van der Waals surface area contributed by atoms with Crippen molar-refractivity contribution >= 4 is 29.9 Å². The zero-order valence-electron chi connectivity index (χ0n) is 15.3. The molecule has 0 saturated carbocycles. The van der Waals surface area contributed by atoms with Gasteiger partial charge < -0.3 is 25.0 Å². The molecular weight excluding hydrogens is 419 g/mol. The van der Waals surface area contributed by atoms with Gasteiger partial charge in [0.15, 0.2) is 5.96 Å². The highest BCUT2D eigenvalue weighted by Crippen LogP contribution is 2.14. The van der Waals surface area contributed by atoms with Gasteiger partial charge in [0.05, 0.1) is 0 Å². The van der Waals surface area contributed by atoms with Crippen LogP contribution >= 0.6 is 24.0 Å². The average molecular weight is 454 g/mol. The molecule has 0 bridgehead atoms. The lowest BCUT2D eigenvalue weighted by Gasteiger charge is -2.21. The van der Waals surface area contributed by atoms with Crippen molar-refractivity contribution in [1.82, 2.24) is 15.5 Å². The minimum Gasteiger partial charge on any atom is -0.381 e. The van der Waals surface area contributed by atoms with Crippen LogP contribution < -0.4 is 10.6 Å². The molecule has 0 aromatic rings. The predicted octanol–water partition coefficient (Wildman–Crippen LogP) is 1.55. The number of hydrogen-bond acceptors (Lipinski definition) is 4. The van der Waals surface area contributed by atoms with Gasteiger partial charge in [-0.1, -0.05) is 0 Å². The Morgan fingerprint density at radius 3 is 2.67 bits per heavy atom. The molecule has 6 nitrogen and oxygen atoms in total. The maximum atomic E-state index is 5.78. The number of nitrogens with zero attached hydrogens (tertiary/aromatic N) is 2. The van der Waals surface area contributed by atoms with Gasteiger partial charge in [0, 0.05) is 53.1 Å².